The number of nitrogens with one attached hydrogen (secondary N) is 2. The minimum absolute atomic E-state index is 0.218. The summed E-state index contributed by atoms with van der Waals surface area (Å²) in [5.41, 5.74) is 0.346. The molecule has 0 aliphatic heterocycles. The van der Waals surface area contributed by atoms with Crippen LogP contribution in [0, 0.1) is 5.92 Å². The standard InChI is InChI=1S/C20H25Cl2N5O/c1-27(2)17-10-11-23-20(26-17)25-14-8-6-13(7-9-14)12-24-19(28)18-15(21)4-3-5-16(18)22/h3-5,10-11,13-14H,6-9,12H2,1-2H3,(H,24,28)(H,23,25,26). The van der Waals surface area contributed by atoms with E-state index in [4.69, 9.17) is 23.2 Å². The molecule has 1 aromatic heterocycles. The number of aromatic nitrogens is 2. The van der Waals surface area contributed by atoms with Crippen molar-refractivity contribution in [1.82, 2.24) is 15.3 Å². The Labute approximate surface area is 175 Å². The molecule has 1 amide bonds. The number of halogens is 2. The number of anilines is 2. The van der Waals surface area contributed by atoms with Gasteiger partial charge >= 0.3 is 0 Å². The van der Waals surface area contributed by atoms with Crippen molar-refractivity contribution in [3.63, 3.8) is 0 Å². The molecule has 0 radical (unpaired) electrons. The Bertz CT molecular complexity index is 802. The predicted octanol–water partition coefficient (Wildman–Crippen LogP) is 4.25. The van der Waals surface area contributed by atoms with Crippen LogP contribution >= 0.6 is 23.2 Å². The van der Waals surface area contributed by atoms with E-state index in [2.05, 4.69) is 20.6 Å². The number of amides is 1. The first-order valence-electron chi connectivity index (χ1n) is 9.43. The molecule has 1 heterocycles. The summed E-state index contributed by atoms with van der Waals surface area (Å²) in [5.74, 6) is 1.77. The highest BCUT2D eigenvalue weighted by molar-refractivity contribution is 6.39. The molecule has 2 aromatic rings. The fourth-order valence-electron chi connectivity index (χ4n) is 3.40. The van der Waals surface area contributed by atoms with E-state index in [1.807, 2.05) is 25.1 Å². The average Bonchev–Trinajstić information content (AvgIpc) is 2.67. The summed E-state index contributed by atoms with van der Waals surface area (Å²) in [6, 6.07) is 7.31. The highest BCUT2D eigenvalue weighted by Crippen LogP contribution is 2.27. The van der Waals surface area contributed by atoms with E-state index in [1.165, 1.54) is 0 Å². The van der Waals surface area contributed by atoms with E-state index in [-0.39, 0.29) is 5.91 Å². The van der Waals surface area contributed by atoms with Gasteiger partial charge in [-0.15, -0.1) is 0 Å². The zero-order valence-corrected chi connectivity index (χ0v) is 17.6. The molecule has 1 aliphatic carbocycles. The first kappa shape index (κ1) is 20.7. The van der Waals surface area contributed by atoms with E-state index >= 15 is 0 Å². The van der Waals surface area contributed by atoms with Gasteiger partial charge in [-0.2, -0.15) is 4.98 Å². The van der Waals surface area contributed by atoms with Gasteiger partial charge in [0.05, 0.1) is 15.6 Å². The van der Waals surface area contributed by atoms with Crippen LogP contribution in [0.25, 0.3) is 0 Å². The molecule has 8 heteroatoms. The van der Waals surface area contributed by atoms with E-state index < -0.39 is 0 Å². The second-order valence-corrected chi connectivity index (χ2v) is 8.12. The van der Waals surface area contributed by atoms with Gasteiger partial charge in [0.15, 0.2) is 0 Å². The van der Waals surface area contributed by atoms with Crippen molar-refractivity contribution >= 4 is 40.9 Å². The lowest BCUT2D eigenvalue weighted by atomic mass is 9.86. The fraction of sp³-hybridized carbons (Fsp3) is 0.450. The maximum atomic E-state index is 12.4. The molecule has 3 rings (SSSR count). The maximum Gasteiger partial charge on any atom is 0.254 e. The summed E-state index contributed by atoms with van der Waals surface area (Å²) in [4.78, 5) is 23.2. The van der Waals surface area contributed by atoms with Gasteiger partial charge in [0.1, 0.15) is 5.82 Å². The summed E-state index contributed by atoms with van der Waals surface area (Å²) in [7, 11) is 3.92. The van der Waals surface area contributed by atoms with E-state index in [0.29, 0.717) is 40.1 Å². The number of carbonyl (C=O) groups is 1. The Hall–Kier alpha value is -2.05. The first-order chi connectivity index (χ1) is 13.4. The molecule has 0 spiro atoms. The van der Waals surface area contributed by atoms with Crippen LogP contribution in [-0.4, -0.2) is 42.6 Å². The molecule has 6 nitrogen and oxygen atoms in total. The lowest BCUT2D eigenvalue weighted by molar-refractivity contribution is 0.0943. The molecule has 0 unspecified atom stereocenters. The summed E-state index contributed by atoms with van der Waals surface area (Å²) >= 11 is 12.2. The zero-order chi connectivity index (χ0) is 20.1. The van der Waals surface area contributed by atoms with Gasteiger partial charge in [0.2, 0.25) is 5.95 Å². The van der Waals surface area contributed by atoms with Crippen molar-refractivity contribution in [2.75, 3.05) is 30.9 Å². The van der Waals surface area contributed by atoms with Crippen LogP contribution in [0.2, 0.25) is 10.0 Å². The Morgan fingerprint density at radius 2 is 1.82 bits per heavy atom. The van der Waals surface area contributed by atoms with Crippen LogP contribution < -0.4 is 15.5 Å². The number of hydrogen-bond acceptors (Lipinski definition) is 5. The third kappa shape index (κ3) is 5.26. The van der Waals surface area contributed by atoms with E-state index in [9.17, 15) is 4.79 Å². The van der Waals surface area contributed by atoms with Crippen molar-refractivity contribution < 1.29 is 4.79 Å². The van der Waals surface area contributed by atoms with Gasteiger partial charge < -0.3 is 15.5 Å². The van der Waals surface area contributed by atoms with Crippen molar-refractivity contribution in [3.8, 4) is 0 Å². The normalized spacial score (nSPS) is 19.1. The number of nitrogens with zero attached hydrogens (tertiary/aromatic N) is 3. The van der Waals surface area contributed by atoms with Crippen LogP contribution in [0.4, 0.5) is 11.8 Å². The lowest BCUT2D eigenvalue weighted by Gasteiger charge is -2.29. The van der Waals surface area contributed by atoms with Gasteiger partial charge in [-0.05, 0) is 49.8 Å². The van der Waals surface area contributed by atoms with E-state index in [1.54, 1.807) is 24.4 Å². The Balaban J connectivity index is 1.47. The first-order valence-corrected chi connectivity index (χ1v) is 10.2. The molecule has 1 aliphatic rings. The summed E-state index contributed by atoms with van der Waals surface area (Å²) < 4.78 is 0. The van der Waals surface area contributed by atoms with Gasteiger partial charge in [0, 0.05) is 32.9 Å². The molecule has 1 aromatic carbocycles. The van der Waals surface area contributed by atoms with Crippen molar-refractivity contribution in [1.29, 1.82) is 0 Å². The number of rotatable bonds is 6. The van der Waals surface area contributed by atoms with Gasteiger partial charge in [-0.25, -0.2) is 4.98 Å². The summed E-state index contributed by atoms with van der Waals surface area (Å²) in [6.45, 7) is 0.625. The zero-order valence-electron chi connectivity index (χ0n) is 16.1. The third-order valence-electron chi connectivity index (χ3n) is 5.02. The maximum absolute atomic E-state index is 12.4. The molecular weight excluding hydrogens is 397 g/mol. The molecule has 2 N–H and O–H groups in total. The third-order valence-corrected chi connectivity index (χ3v) is 5.65. The van der Waals surface area contributed by atoms with Crippen molar-refractivity contribution in [2.45, 2.75) is 31.7 Å². The molecule has 150 valence electrons. The van der Waals surface area contributed by atoms with E-state index in [0.717, 1.165) is 31.5 Å². The molecule has 0 bridgehead atoms. The highest BCUT2D eigenvalue weighted by Gasteiger charge is 2.23. The van der Waals surface area contributed by atoms with Gasteiger partial charge in [0.25, 0.3) is 5.91 Å². The number of carbonyl (C=O) groups excluding carboxylic acids is 1. The van der Waals surface area contributed by atoms with Gasteiger partial charge in [-0.3, -0.25) is 4.79 Å². The molecule has 1 saturated carbocycles. The van der Waals surface area contributed by atoms with Crippen LogP contribution in [0.3, 0.4) is 0 Å². The summed E-state index contributed by atoms with van der Waals surface area (Å²) in [5, 5.41) is 7.15. The SMILES string of the molecule is CN(C)c1ccnc(NC2CCC(CNC(=O)c3c(Cl)cccc3Cl)CC2)n1. The quantitative estimate of drug-likeness (QED) is 0.729. The fourth-order valence-corrected chi connectivity index (χ4v) is 3.97. The Kier molecular flexibility index (Phi) is 6.97. The molecule has 28 heavy (non-hydrogen) atoms. The van der Waals surface area contributed by atoms with Crippen LogP contribution in [0.15, 0.2) is 30.5 Å². The minimum atomic E-state index is -0.218. The van der Waals surface area contributed by atoms with Gasteiger partial charge in [-0.1, -0.05) is 29.3 Å². The largest absolute Gasteiger partial charge is 0.363 e. The lowest BCUT2D eigenvalue weighted by Crippen LogP contribution is -2.34. The highest BCUT2D eigenvalue weighted by atomic mass is 35.5. The monoisotopic (exact) mass is 421 g/mol. The Morgan fingerprint density at radius 1 is 1.14 bits per heavy atom. The van der Waals surface area contributed by atoms with Crippen LogP contribution in [-0.2, 0) is 0 Å². The predicted molar refractivity (Wildman–Crippen MR) is 115 cm³/mol. The summed E-state index contributed by atoms with van der Waals surface area (Å²) in [6.07, 6.45) is 5.86. The van der Waals surface area contributed by atoms with Crippen molar-refractivity contribution in [3.05, 3.63) is 46.1 Å². The number of hydrogen-bond donors (Lipinski definition) is 2. The topological polar surface area (TPSA) is 70.2 Å². The minimum Gasteiger partial charge on any atom is -0.363 e. The smallest absolute Gasteiger partial charge is 0.254 e. The molecule has 1 fully saturated rings. The Morgan fingerprint density at radius 3 is 2.46 bits per heavy atom. The average molecular weight is 422 g/mol. The van der Waals surface area contributed by atoms with Crippen LogP contribution in [0.5, 0.6) is 0 Å². The molecule has 0 atom stereocenters. The second-order valence-electron chi connectivity index (χ2n) is 7.30. The van der Waals surface area contributed by atoms with Crippen LogP contribution in [0.1, 0.15) is 36.0 Å². The number of benzene rings is 1. The molecular formula is C20H25Cl2N5O. The molecule has 0 saturated heterocycles. The second kappa shape index (κ2) is 9.43. The van der Waals surface area contributed by atoms with Crippen molar-refractivity contribution in [2.24, 2.45) is 5.92 Å².